The number of aromatic nitrogens is 1. The van der Waals surface area contributed by atoms with E-state index in [9.17, 15) is 14.4 Å². The summed E-state index contributed by atoms with van der Waals surface area (Å²) in [4.78, 5) is 42.2. The van der Waals surface area contributed by atoms with E-state index in [0.29, 0.717) is 5.56 Å². The van der Waals surface area contributed by atoms with Gasteiger partial charge in [0.05, 0.1) is 11.1 Å². The van der Waals surface area contributed by atoms with Gasteiger partial charge in [0.1, 0.15) is 22.8 Å². The van der Waals surface area contributed by atoms with Gasteiger partial charge in [-0.2, -0.15) is 0 Å². The third kappa shape index (κ3) is 2.53. The van der Waals surface area contributed by atoms with Crippen molar-refractivity contribution in [3.05, 3.63) is 82.1 Å². The number of terminal acetylenes is 1. The molecule has 4 rings (SSSR count). The van der Waals surface area contributed by atoms with Gasteiger partial charge in [-0.05, 0) is 37.3 Å². The Morgan fingerprint density at radius 3 is 2.78 bits per heavy atom. The van der Waals surface area contributed by atoms with Gasteiger partial charge in [0.15, 0.2) is 5.76 Å². The number of rotatable bonds is 2. The van der Waals surface area contributed by atoms with Gasteiger partial charge in [0, 0.05) is 11.8 Å². The van der Waals surface area contributed by atoms with Crippen molar-refractivity contribution in [2.75, 3.05) is 0 Å². The Morgan fingerprint density at radius 1 is 1.19 bits per heavy atom. The molecule has 0 fully saturated rings. The van der Waals surface area contributed by atoms with E-state index in [2.05, 4.69) is 10.9 Å². The van der Waals surface area contributed by atoms with Crippen molar-refractivity contribution < 1.29 is 23.5 Å². The summed E-state index contributed by atoms with van der Waals surface area (Å²) in [7, 11) is 0. The number of aryl methyl sites for hydroxylation is 1. The van der Waals surface area contributed by atoms with E-state index in [4.69, 9.17) is 15.6 Å². The van der Waals surface area contributed by atoms with E-state index in [1.807, 2.05) is 0 Å². The lowest BCUT2D eigenvalue weighted by atomic mass is 9.90. The Morgan fingerprint density at radius 2 is 2.00 bits per heavy atom. The molecule has 1 aromatic carbocycles. The molecule has 3 aromatic rings. The largest absolute Gasteiger partial charge is 0.456 e. The Kier molecular flexibility index (Phi) is 3.71. The molecule has 2 heterocycles. The average molecular weight is 357 g/mol. The highest BCUT2D eigenvalue weighted by Crippen LogP contribution is 2.33. The maximum atomic E-state index is 12.8. The number of hydrogen-bond acceptors (Lipinski definition) is 6. The lowest BCUT2D eigenvalue weighted by Gasteiger charge is -2.12. The fourth-order valence-electron chi connectivity index (χ4n) is 2.98. The van der Waals surface area contributed by atoms with Crippen molar-refractivity contribution in [3.8, 4) is 18.1 Å². The SMILES string of the molecule is C#Cc1cccc(OC(=O)c2c(C)oc3c2C(=O)c2ncccc2C3=O)c1. The Balaban J connectivity index is 1.78. The van der Waals surface area contributed by atoms with Crippen LogP contribution in [0.2, 0.25) is 0 Å². The number of pyridine rings is 1. The van der Waals surface area contributed by atoms with Crippen LogP contribution >= 0.6 is 0 Å². The van der Waals surface area contributed by atoms with Gasteiger partial charge in [-0.15, -0.1) is 6.42 Å². The summed E-state index contributed by atoms with van der Waals surface area (Å²) in [6.07, 6.45) is 6.75. The number of benzene rings is 1. The molecule has 6 nitrogen and oxygen atoms in total. The minimum atomic E-state index is -0.813. The summed E-state index contributed by atoms with van der Waals surface area (Å²) in [6.45, 7) is 1.49. The summed E-state index contributed by atoms with van der Waals surface area (Å²) >= 11 is 0. The summed E-state index contributed by atoms with van der Waals surface area (Å²) in [6, 6.07) is 9.45. The minimum Gasteiger partial charge on any atom is -0.456 e. The molecule has 0 saturated heterocycles. The zero-order chi connectivity index (χ0) is 19.1. The van der Waals surface area contributed by atoms with Gasteiger partial charge in [0.25, 0.3) is 0 Å². The Labute approximate surface area is 153 Å². The van der Waals surface area contributed by atoms with Crippen LogP contribution in [0.15, 0.2) is 47.0 Å². The van der Waals surface area contributed by atoms with E-state index >= 15 is 0 Å². The second kappa shape index (κ2) is 6.07. The third-order valence-electron chi connectivity index (χ3n) is 4.20. The zero-order valence-electron chi connectivity index (χ0n) is 14.1. The highest BCUT2D eigenvalue weighted by Gasteiger charge is 2.39. The first-order valence-electron chi connectivity index (χ1n) is 7.98. The molecule has 0 unspecified atom stereocenters. The first kappa shape index (κ1) is 16.5. The fourth-order valence-corrected chi connectivity index (χ4v) is 2.98. The predicted octanol–water partition coefficient (Wildman–Crippen LogP) is 2.96. The first-order valence-corrected chi connectivity index (χ1v) is 7.98. The van der Waals surface area contributed by atoms with Gasteiger partial charge in [-0.3, -0.25) is 14.6 Å². The van der Waals surface area contributed by atoms with E-state index < -0.39 is 17.5 Å². The van der Waals surface area contributed by atoms with Crippen LogP contribution in [0.4, 0.5) is 0 Å². The number of esters is 1. The fraction of sp³-hybridized carbons (Fsp3) is 0.0476. The smallest absolute Gasteiger partial charge is 0.347 e. The number of furan rings is 1. The topological polar surface area (TPSA) is 86.5 Å². The molecule has 1 aliphatic carbocycles. The molecule has 0 bridgehead atoms. The third-order valence-corrected chi connectivity index (χ3v) is 4.20. The van der Waals surface area contributed by atoms with Crippen LogP contribution in [-0.4, -0.2) is 22.5 Å². The number of ketones is 2. The molecule has 0 atom stereocenters. The van der Waals surface area contributed by atoms with Crippen molar-refractivity contribution in [1.82, 2.24) is 4.98 Å². The van der Waals surface area contributed by atoms with Crippen molar-refractivity contribution in [2.45, 2.75) is 6.92 Å². The van der Waals surface area contributed by atoms with Gasteiger partial charge in [-0.1, -0.05) is 12.0 Å². The van der Waals surface area contributed by atoms with Crippen molar-refractivity contribution in [1.29, 1.82) is 0 Å². The van der Waals surface area contributed by atoms with Gasteiger partial charge >= 0.3 is 5.97 Å². The summed E-state index contributed by atoms with van der Waals surface area (Å²) < 4.78 is 10.8. The Bertz CT molecular complexity index is 1180. The molecule has 2 aromatic heterocycles. The summed E-state index contributed by atoms with van der Waals surface area (Å²) in [5, 5.41) is 0. The molecule has 0 radical (unpaired) electrons. The molecule has 0 N–H and O–H groups in total. The monoisotopic (exact) mass is 357 g/mol. The van der Waals surface area contributed by atoms with Crippen LogP contribution in [0, 0.1) is 19.3 Å². The average Bonchev–Trinajstić information content (AvgIpc) is 3.04. The van der Waals surface area contributed by atoms with Gasteiger partial charge in [-0.25, -0.2) is 4.79 Å². The highest BCUT2D eigenvalue weighted by atomic mass is 16.5. The van der Waals surface area contributed by atoms with E-state index in [0.717, 1.165) is 0 Å². The molecule has 1 aliphatic rings. The molecule has 0 saturated carbocycles. The van der Waals surface area contributed by atoms with Crippen LogP contribution < -0.4 is 4.74 Å². The van der Waals surface area contributed by atoms with Crippen LogP contribution in [0.1, 0.15) is 53.9 Å². The highest BCUT2D eigenvalue weighted by molar-refractivity contribution is 6.29. The maximum Gasteiger partial charge on any atom is 0.347 e. The van der Waals surface area contributed by atoms with Crippen molar-refractivity contribution >= 4 is 17.5 Å². The number of carbonyl (C=O) groups is 3. The van der Waals surface area contributed by atoms with Crippen molar-refractivity contribution in [2.24, 2.45) is 0 Å². The molecular formula is C21H11NO5. The molecule has 0 aliphatic heterocycles. The standard InChI is InChI=1S/C21H11NO5/c1-3-12-6-4-7-13(10-12)27-21(25)15-11(2)26-20-16(15)19(24)17-14(18(20)23)8-5-9-22-17/h1,4-10H,2H3. The lowest BCUT2D eigenvalue weighted by Crippen LogP contribution is -2.23. The number of nitrogens with zero attached hydrogens (tertiary/aromatic N) is 1. The second-order valence-electron chi connectivity index (χ2n) is 5.86. The summed E-state index contributed by atoms with van der Waals surface area (Å²) in [5.74, 6) is 0.741. The van der Waals surface area contributed by atoms with Crippen LogP contribution in [0.3, 0.4) is 0 Å². The predicted molar refractivity (Wildman–Crippen MR) is 93.9 cm³/mol. The molecular weight excluding hydrogens is 346 g/mol. The van der Waals surface area contributed by atoms with Gasteiger partial charge < -0.3 is 9.15 Å². The number of ether oxygens (including phenoxy) is 1. The quantitative estimate of drug-likeness (QED) is 0.311. The Hall–Kier alpha value is -3.98. The molecule has 0 amide bonds. The van der Waals surface area contributed by atoms with Crippen LogP contribution in [0.5, 0.6) is 5.75 Å². The number of carbonyl (C=O) groups excluding carboxylic acids is 3. The zero-order valence-corrected chi connectivity index (χ0v) is 14.1. The van der Waals surface area contributed by atoms with Crippen LogP contribution in [-0.2, 0) is 0 Å². The van der Waals surface area contributed by atoms with E-state index in [1.54, 1.807) is 24.3 Å². The molecule has 27 heavy (non-hydrogen) atoms. The lowest BCUT2D eigenvalue weighted by molar-refractivity contribution is 0.0729. The summed E-state index contributed by atoms with van der Waals surface area (Å²) in [5.41, 5.74) is 0.452. The minimum absolute atomic E-state index is 0.0146. The van der Waals surface area contributed by atoms with Crippen molar-refractivity contribution in [3.63, 3.8) is 0 Å². The number of hydrogen-bond donors (Lipinski definition) is 0. The van der Waals surface area contributed by atoms with Gasteiger partial charge in [0.2, 0.25) is 11.6 Å². The molecule has 0 spiro atoms. The molecule has 130 valence electrons. The maximum absolute atomic E-state index is 12.8. The molecule has 6 heteroatoms. The van der Waals surface area contributed by atoms with E-state index in [-0.39, 0.29) is 39.7 Å². The second-order valence-corrected chi connectivity index (χ2v) is 5.86. The number of fused-ring (bicyclic) bond motifs is 2. The first-order chi connectivity index (χ1) is 13.0. The van der Waals surface area contributed by atoms with E-state index in [1.165, 1.54) is 25.3 Å². The van der Waals surface area contributed by atoms with Crippen LogP contribution in [0.25, 0.3) is 0 Å². The normalized spacial score (nSPS) is 12.1.